The Morgan fingerprint density at radius 3 is 2.32 bits per heavy atom. The third-order valence-electron chi connectivity index (χ3n) is 7.17. The van der Waals surface area contributed by atoms with Gasteiger partial charge in [0.2, 0.25) is 5.91 Å². The van der Waals surface area contributed by atoms with Crippen molar-refractivity contribution in [3.05, 3.63) is 29.3 Å². The van der Waals surface area contributed by atoms with Crippen LogP contribution in [-0.2, 0) is 25.4 Å². The Morgan fingerprint density at radius 2 is 1.71 bits per heavy atom. The quantitative estimate of drug-likeness (QED) is 0.603. The number of piperidine rings is 2. The number of nitrogens with zero attached hydrogens (tertiary/aromatic N) is 1. The van der Waals surface area contributed by atoms with Crippen molar-refractivity contribution in [3.8, 4) is 0 Å². The summed E-state index contributed by atoms with van der Waals surface area (Å²) in [5.74, 6) is -0.903. The maximum absolute atomic E-state index is 13.0. The number of carbonyl (C=O) groups is 3. The van der Waals surface area contributed by atoms with Gasteiger partial charge in [-0.2, -0.15) is 0 Å². The minimum atomic E-state index is -0.890. The number of amides is 3. The van der Waals surface area contributed by atoms with Gasteiger partial charge in [0.1, 0.15) is 5.54 Å². The van der Waals surface area contributed by atoms with Gasteiger partial charge in [-0.1, -0.05) is 12.1 Å². The van der Waals surface area contributed by atoms with E-state index in [1.165, 1.54) is 0 Å². The molecule has 0 spiro atoms. The van der Waals surface area contributed by atoms with Crippen LogP contribution in [-0.4, -0.2) is 46.5 Å². The van der Waals surface area contributed by atoms with Gasteiger partial charge >= 0.3 is 7.12 Å². The van der Waals surface area contributed by atoms with Crippen LogP contribution in [0.5, 0.6) is 0 Å². The number of fused-ring (bicyclic) bond motifs is 3. The fraction of sp³-hybridized carbons (Fsp3) is 0.550. The van der Waals surface area contributed by atoms with E-state index in [-0.39, 0.29) is 23.6 Å². The highest BCUT2D eigenvalue weighted by Gasteiger charge is 2.63. The van der Waals surface area contributed by atoms with E-state index in [2.05, 4.69) is 5.32 Å². The van der Waals surface area contributed by atoms with Gasteiger partial charge in [0.15, 0.2) is 0 Å². The lowest BCUT2D eigenvalue weighted by Gasteiger charge is -2.53. The summed E-state index contributed by atoms with van der Waals surface area (Å²) in [5, 5.41) is 2.41. The number of imide groups is 1. The molecule has 28 heavy (non-hydrogen) atoms. The summed E-state index contributed by atoms with van der Waals surface area (Å²) >= 11 is 0. The van der Waals surface area contributed by atoms with Gasteiger partial charge in [0.05, 0.1) is 11.2 Å². The molecule has 0 aromatic heterocycles. The Labute approximate surface area is 163 Å². The Bertz CT molecular complexity index is 919. The molecule has 1 aromatic rings. The summed E-state index contributed by atoms with van der Waals surface area (Å²) in [6, 6.07) is 5.58. The summed E-state index contributed by atoms with van der Waals surface area (Å²) in [4.78, 5) is 38.9. The Kier molecular flexibility index (Phi) is 3.35. The van der Waals surface area contributed by atoms with Gasteiger partial charge in [-0.15, -0.1) is 0 Å². The number of rotatable bonds is 2. The first-order valence-corrected chi connectivity index (χ1v) is 9.70. The largest absolute Gasteiger partial charge is 0.494 e. The van der Waals surface area contributed by atoms with Crippen LogP contribution < -0.4 is 10.8 Å². The number of benzene rings is 1. The predicted octanol–water partition coefficient (Wildman–Crippen LogP) is 0.747. The first-order valence-electron chi connectivity index (χ1n) is 9.70. The van der Waals surface area contributed by atoms with Crippen LogP contribution >= 0.6 is 0 Å². The van der Waals surface area contributed by atoms with E-state index in [4.69, 9.17) is 9.31 Å². The molecule has 5 aliphatic rings. The van der Waals surface area contributed by atoms with Crippen molar-refractivity contribution < 1.29 is 23.7 Å². The molecule has 146 valence electrons. The molecule has 1 saturated carbocycles. The Morgan fingerprint density at radius 1 is 1.07 bits per heavy atom. The maximum atomic E-state index is 13.0. The normalized spacial score (nSPS) is 32.3. The molecule has 3 saturated heterocycles. The molecule has 0 radical (unpaired) electrons. The second-order valence-corrected chi connectivity index (χ2v) is 9.35. The minimum absolute atomic E-state index is 0.154. The molecule has 2 bridgehead atoms. The Hall–Kier alpha value is -2.19. The topological polar surface area (TPSA) is 84.9 Å². The molecule has 7 nitrogen and oxygen atoms in total. The first-order chi connectivity index (χ1) is 13.0. The standard InChI is InChI=1S/C20H23BN2O5/c1-18(2)19(3,4)28-21(27-18)13-5-6-14-11(7-13)10-23(16(14)25)20-8-12(9-20)15(24)22-17(20)26/h5-7,12H,8-10H2,1-4H3,(H,22,24,26). The van der Waals surface area contributed by atoms with Gasteiger partial charge in [-0.05, 0) is 57.6 Å². The highest BCUT2D eigenvalue weighted by Crippen LogP contribution is 2.48. The second kappa shape index (κ2) is 5.24. The lowest BCUT2D eigenvalue weighted by atomic mass is 9.63. The number of hydrogen-bond donors (Lipinski definition) is 1. The Balaban J connectivity index is 1.42. The van der Waals surface area contributed by atoms with E-state index in [0.29, 0.717) is 24.9 Å². The molecule has 1 aliphatic carbocycles. The predicted molar refractivity (Wildman–Crippen MR) is 101 cm³/mol. The summed E-state index contributed by atoms with van der Waals surface area (Å²) in [6.07, 6.45) is 0.836. The van der Waals surface area contributed by atoms with Crippen LogP contribution in [0.15, 0.2) is 18.2 Å². The van der Waals surface area contributed by atoms with E-state index < -0.39 is 23.9 Å². The zero-order valence-corrected chi connectivity index (χ0v) is 16.5. The molecule has 3 amide bonds. The molecular weight excluding hydrogens is 359 g/mol. The van der Waals surface area contributed by atoms with Crippen LogP contribution in [0.4, 0.5) is 0 Å². The van der Waals surface area contributed by atoms with Crippen molar-refractivity contribution in [3.63, 3.8) is 0 Å². The lowest BCUT2D eigenvalue weighted by molar-refractivity contribution is -0.160. The average molecular weight is 382 g/mol. The van der Waals surface area contributed by atoms with Crippen LogP contribution in [0.2, 0.25) is 0 Å². The number of carbonyl (C=O) groups excluding carboxylic acids is 3. The van der Waals surface area contributed by atoms with E-state index >= 15 is 0 Å². The van der Waals surface area contributed by atoms with E-state index in [0.717, 1.165) is 11.0 Å². The summed E-state index contributed by atoms with van der Waals surface area (Å²) in [7, 11) is -0.499. The zero-order chi connectivity index (χ0) is 20.1. The molecular formula is C20H23BN2O5. The van der Waals surface area contributed by atoms with E-state index in [1.54, 1.807) is 11.0 Å². The van der Waals surface area contributed by atoms with Crippen molar-refractivity contribution in [1.29, 1.82) is 0 Å². The third-order valence-corrected chi connectivity index (χ3v) is 7.17. The van der Waals surface area contributed by atoms with Gasteiger partial charge in [-0.3, -0.25) is 19.7 Å². The highest BCUT2D eigenvalue weighted by atomic mass is 16.7. The van der Waals surface area contributed by atoms with Gasteiger partial charge in [-0.25, -0.2) is 0 Å². The summed E-state index contributed by atoms with van der Waals surface area (Å²) in [6.45, 7) is 8.36. The highest BCUT2D eigenvalue weighted by molar-refractivity contribution is 6.62. The summed E-state index contributed by atoms with van der Waals surface area (Å²) < 4.78 is 12.2. The van der Waals surface area contributed by atoms with Crippen molar-refractivity contribution in [2.24, 2.45) is 5.92 Å². The summed E-state index contributed by atoms with van der Waals surface area (Å²) in [5.41, 5.74) is 0.553. The monoisotopic (exact) mass is 382 g/mol. The average Bonchev–Trinajstić information content (AvgIpc) is 2.99. The van der Waals surface area contributed by atoms with Crippen molar-refractivity contribution >= 4 is 30.3 Å². The van der Waals surface area contributed by atoms with Gasteiger partial charge < -0.3 is 14.2 Å². The minimum Gasteiger partial charge on any atom is -0.399 e. The third kappa shape index (κ3) is 2.16. The molecule has 0 unspecified atom stereocenters. The zero-order valence-electron chi connectivity index (χ0n) is 16.5. The SMILES string of the molecule is CC1(C)OB(c2ccc3c(c2)CN(C24CC(C2)C(=O)NC4=O)C3=O)OC1(C)C. The molecule has 4 heterocycles. The maximum Gasteiger partial charge on any atom is 0.494 e. The molecule has 4 fully saturated rings. The molecule has 0 atom stereocenters. The fourth-order valence-corrected chi connectivity index (χ4v) is 4.61. The van der Waals surface area contributed by atoms with Crippen LogP contribution in [0.25, 0.3) is 0 Å². The van der Waals surface area contributed by atoms with Gasteiger partial charge in [0, 0.05) is 18.0 Å². The molecule has 1 N–H and O–H groups in total. The first kappa shape index (κ1) is 17.9. The molecule has 4 aliphatic heterocycles. The van der Waals surface area contributed by atoms with Crippen LogP contribution in [0, 0.1) is 5.92 Å². The lowest BCUT2D eigenvalue weighted by Crippen LogP contribution is -2.73. The number of nitrogens with one attached hydrogen (secondary N) is 1. The van der Waals surface area contributed by atoms with Crippen LogP contribution in [0.1, 0.15) is 56.5 Å². The smallest absolute Gasteiger partial charge is 0.399 e. The van der Waals surface area contributed by atoms with Crippen LogP contribution in [0.3, 0.4) is 0 Å². The second-order valence-electron chi connectivity index (χ2n) is 9.35. The van der Waals surface area contributed by atoms with E-state index in [9.17, 15) is 14.4 Å². The molecule has 1 aromatic carbocycles. The number of hydrogen-bond acceptors (Lipinski definition) is 5. The molecule has 8 heteroatoms. The van der Waals surface area contributed by atoms with Crippen molar-refractivity contribution in [2.75, 3.05) is 0 Å². The van der Waals surface area contributed by atoms with Crippen molar-refractivity contribution in [2.45, 2.75) is 63.8 Å². The van der Waals surface area contributed by atoms with Crippen molar-refractivity contribution in [1.82, 2.24) is 10.2 Å². The van der Waals surface area contributed by atoms with Gasteiger partial charge in [0.25, 0.3) is 11.8 Å². The molecule has 6 rings (SSSR count). The van der Waals surface area contributed by atoms with E-state index in [1.807, 2.05) is 39.8 Å². The fourth-order valence-electron chi connectivity index (χ4n) is 4.61.